The van der Waals surface area contributed by atoms with E-state index >= 15 is 0 Å². The van der Waals surface area contributed by atoms with Crippen LogP contribution in [0.4, 0.5) is 0 Å². The van der Waals surface area contributed by atoms with E-state index in [1.54, 1.807) is 11.3 Å². The second-order valence-electron chi connectivity index (χ2n) is 7.25. The van der Waals surface area contributed by atoms with Crippen molar-refractivity contribution in [1.82, 2.24) is 9.47 Å². The average Bonchev–Trinajstić information content (AvgIpc) is 2.99. The van der Waals surface area contributed by atoms with E-state index in [0.29, 0.717) is 6.61 Å². The van der Waals surface area contributed by atoms with Crippen LogP contribution in [0.25, 0.3) is 10.2 Å². The van der Waals surface area contributed by atoms with Crippen molar-refractivity contribution in [2.45, 2.75) is 32.9 Å². The molecule has 0 unspecified atom stereocenters. The molecule has 5 heteroatoms. The summed E-state index contributed by atoms with van der Waals surface area (Å²) in [5, 5.41) is 0. The van der Waals surface area contributed by atoms with Gasteiger partial charge in [-0.25, -0.2) is 0 Å². The monoisotopic (exact) mass is 398 g/mol. The molecular formula is C22H26N2OS2. The maximum Gasteiger partial charge on any atom is 0.163 e. The van der Waals surface area contributed by atoms with Crippen molar-refractivity contribution < 1.29 is 4.74 Å². The number of thiazole rings is 1. The van der Waals surface area contributed by atoms with E-state index in [2.05, 4.69) is 58.0 Å². The van der Waals surface area contributed by atoms with Gasteiger partial charge >= 0.3 is 0 Å². The van der Waals surface area contributed by atoms with Crippen LogP contribution in [0.1, 0.15) is 25.3 Å². The normalized spacial score (nSPS) is 16.0. The summed E-state index contributed by atoms with van der Waals surface area (Å²) in [7, 11) is 0. The van der Waals surface area contributed by atoms with E-state index in [1.165, 1.54) is 35.0 Å². The van der Waals surface area contributed by atoms with E-state index < -0.39 is 0 Å². The highest BCUT2D eigenvalue weighted by molar-refractivity contribution is 7.73. The molecule has 1 aliphatic rings. The Kier molecular flexibility index (Phi) is 5.91. The highest BCUT2D eigenvalue weighted by atomic mass is 32.1. The highest BCUT2D eigenvalue weighted by Gasteiger charge is 2.20. The van der Waals surface area contributed by atoms with Gasteiger partial charge in [-0.15, -0.1) is 11.3 Å². The quantitative estimate of drug-likeness (QED) is 0.493. The zero-order valence-electron chi connectivity index (χ0n) is 15.8. The third kappa shape index (κ3) is 4.42. The largest absolute Gasteiger partial charge is 0.494 e. The van der Waals surface area contributed by atoms with E-state index in [4.69, 9.17) is 17.0 Å². The van der Waals surface area contributed by atoms with Gasteiger partial charge < -0.3 is 9.30 Å². The molecule has 2 heterocycles. The lowest BCUT2D eigenvalue weighted by atomic mass is 9.90. The van der Waals surface area contributed by atoms with Gasteiger partial charge in [0.05, 0.1) is 23.5 Å². The van der Waals surface area contributed by atoms with Crippen LogP contribution >= 0.6 is 23.6 Å². The maximum absolute atomic E-state index is 5.65. The topological polar surface area (TPSA) is 17.4 Å². The number of hydrogen-bond donors (Lipinski definition) is 0. The standard InChI is InChI=1S/C22H26N2OS2/c1-2-25-19-8-9-20-21(15-19)27-22(26)24(20)16-23-12-10-18(11-13-23)14-17-6-4-3-5-7-17/h3-9,15,18H,2,10-14,16H2,1H3. The van der Waals surface area contributed by atoms with Crippen LogP contribution in [-0.2, 0) is 13.1 Å². The predicted octanol–water partition coefficient (Wildman–Crippen LogP) is 5.74. The Balaban J connectivity index is 1.40. The minimum absolute atomic E-state index is 0.690. The van der Waals surface area contributed by atoms with Crippen LogP contribution in [0, 0.1) is 9.87 Å². The summed E-state index contributed by atoms with van der Waals surface area (Å²) in [5.41, 5.74) is 2.69. The minimum Gasteiger partial charge on any atom is -0.494 e. The van der Waals surface area contributed by atoms with E-state index in [1.807, 2.05) is 6.92 Å². The third-order valence-electron chi connectivity index (χ3n) is 5.37. The molecule has 1 aliphatic heterocycles. The van der Waals surface area contributed by atoms with Crippen LogP contribution in [0.5, 0.6) is 5.75 Å². The Morgan fingerprint density at radius 3 is 2.63 bits per heavy atom. The zero-order chi connectivity index (χ0) is 18.6. The number of nitrogens with zero attached hydrogens (tertiary/aromatic N) is 2. The van der Waals surface area contributed by atoms with Crippen LogP contribution in [0.3, 0.4) is 0 Å². The zero-order valence-corrected chi connectivity index (χ0v) is 17.4. The van der Waals surface area contributed by atoms with Crippen molar-refractivity contribution in [3.63, 3.8) is 0 Å². The molecule has 3 nitrogen and oxygen atoms in total. The molecule has 0 N–H and O–H groups in total. The molecular weight excluding hydrogens is 372 g/mol. The van der Waals surface area contributed by atoms with E-state index in [0.717, 1.165) is 35.4 Å². The predicted molar refractivity (Wildman–Crippen MR) is 116 cm³/mol. The Hall–Kier alpha value is -1.69. The first-order chi connectivity index (χ1) is 13.2. The second kappa shape index (κ2) is 8.55. The van der Waals surface area contributed by atoms with Crippen molar-refractivity contribution in [3.8, 4) is 5.75 Å². The van der Waals surface area contributed by atoms with Crippen molar-refractivity contribution in [3.05, 3.63) is 58.0 Å². The fourth-order valence-electron chi connectivity index (χ4n) is 3.92. The third-order valence-corrected chi connectivity index (χ3v) is 6.78. The van der Waals surface area contributed by atoms with Gasteiger partial charge in [0.15, 0.2) is 3.95 Å². The van der Waals surface area contributed by atoms with Crippen molar-refractivity contribution in [2.24, 2.45) is 5.92 Å². The van der Waals surface area contributed by atoms with Gasteiger partial charge in [-0.05, 0) is 68.1 Å². The van der Waals surface area contributed by atoms with Gasteiger partial charge in [0.2, 0.25) is 0 Å². The van der Waals surface area contributed by atoms with Crippen molar-refractivity contribution in [2.75, 3.05) is 19.7 Å². The Bertz CT molecular complexity index is 940. The Labute approximate surface area is 170 Å². The number of fused-ring (bicyclic) bond motifs is 1. The molecule has 1 saturated heterocycles. The van der Waals surface area contributed by atoms with Gasteiger partial charge in [0.25, 0.3) is 0 Å². The van der Waals surface area contributed by atoms with Gasteiger partial charge in [0.1, 0.15) is 5.75 Å². The smallest absolute Gasteiger partial charge is 0.163 e. The van der Waals surface area contributed by atoms with Crippen LogP contribution < -0.4 is 4.74 Å². The highest BCUT2D eigenvalue weighted by Crippen LogP contribution is 2.29. The molecule has 0 spiro atoms. The fraction of sp³-hybridized carbons (Fsp3) is 0.409. The molecule has 27 heavy (non-hydrogen) atoms. The summed E-state index contributed by atoms with van der Waals surface area (Å²) in [5.74, 6) is 1.72. The number of aromatic nitrogens is 1. The van der Waals surface area contributed by atoms with Gasteiger partial charge in [-0.1, -0.05) is 30.3 Å². The fourth-order valence-corrected chi connectivity index (χ4v) is 5.25. The molecule has 3 aromatic rings. The van der Waals surface area contributed by atoms with Crippen LogP contribution in [0.2, 0.25) is 0 Å². The Morgan fingerprint density at radius 2 is 1.89 bits per heavy atom. The molecule has 0 atom stereocenters. The number of likely N-dealkylation sites (tertiary alicyclic amines) is 1. The van der Waals surface area contributed by atoms with E-state index in [9.17, 15) is 0 Å². The first-order valence-corrected chi connectivity index (χ1v) is 11.0. The second-order valence-corrected chi connectivity index (χ2v) is 8.93. The summed E-state index contributed by atoms with van der Waals surface area (Å²) in [6.45, 7) is 5.89. The summed E-state index contributed by atoms with van der Waals surface area (Å²) >= 11 is 7.33. The number of hydrogen-bond acceptors (Lipinski definition) is 4. The Morgan fingerprint density at radius 1 is 1.11 bits per heavy atom. The van der Waals surface area contributed by atoms with Crippen molar-refractivity contribution in [1.29, 1.82) is 0 Å². The van der Waals surface area contributed by atoms with Gasteiger partial charge in [-0.3, -0.25) is 4.90 Å². The van der Waals surface area contributed by atoms with Crippen molar-refractivity contribution >= 4 is 33.8 Å². The number of ether oxygens (including phenoxy) is 1. The molecule has 0 radical (unpaired) electrons. The molecule has 142 valence electrons. The minimum atomic E-state index is 0.690. The summed E-state index contributed by atoms with van der Waals surface area (Å²) in [6.07, 6.45) is 3.73. The lowest BCUT2D eigenvalue weighted by Gasteiger charge is -2.32. The number of piperidine rings is 1. The van der Waals surface area contributed by atoms with Gasteiger partial charge in [0, 0.05) is 13.1 Å². The van der Waals surface area contributed by atoms with Crippen LogP contribution in [0.15, 0.2) is 48.5 Å². The van der Waals surface area contributed by atoms with Gasteiger partial charge in [-0.2, -0.15) is 0 Å². The van der Waals surface area contributed by atoms with E-state index in [-0.39, 0.29) is 0 Å². The summed E-state index contributed by atoms with van der Waals surface area (Å²) < 4.78 is 10.1. The molecule has 0 bridgehead atoms. The number of rotatable bonds is 6. The molecule has 0 aliphatic carbocycles. The molecule has 1 fully saturated rings. The molecule has 0 saturated carbocycles. The average molecular weight is 399 g/mol. The lowest BCUT2D eigenvalue weighted by molar-refractivity contribution is 0.149. The molecule has 4 rings (SSSR count). The SMILES string of the molecule is CCOc1ccc2c(c1)sc(=S)n2CN1CCC(Cc2ccccc2)CC1. The number of benzene rings is 2. The molecule has 1 aromatic heterocycles. The van der Waals surface area contributed by atoms with Crippen LogP contribution in [-0.4, -0.2) is 29.2 Å². The first kappa shape index (κ1) is 18.7. The maximum atomic E-state index is 5.65. The molecule has 2 aromatic carbocycles. The summed E-state index contributed by atoms with van der Waals surface area (Å²) in [6, 6.07) is 17.2. The lowest BCUT2D eigenvalue weighted by Crippen LogP contribution is -2.35. The molecule has 0 amide bonds. The summed E-state index contributed by atoms with van der Waals surface area (Å²) in [4.78, 5) is 2.54. The first-order valence-electron chi connectivity index (χ1n) is 9.75.